The highest BCUT2D eigenvalue weighted by Gasteiger charge is 2.09. The van der Waals surface area contributed by atoms with Gasteiger partial charge in [0.05, 0.1) is 35.6 Å². The van der Waals surface area contributed by atoms with Crippen LogP contribution in [0.3, 0.4) is 0 Å². The molecule has 0 bridgehead atoms. The number of amides is 1. The third-order valence-electron chi connectivity index (χ3n) is 2.70. The van der Waals surface area contributed by atoms with Gasteiger partial charge in [0.2, 0.25) is 5.91 Å². The van der Waals surface area contributed by atoms with Gasteiger partial charge in [0.15, 0.2) is 5.16 Å². The number of nitrogens with zero attached hydrogens (tertiary/aromatic N) is 3. The van der Waals surface area contributed by atoms with Crippen LogP contribution in [0.2, 0.25) is 0 Å². The molecule has 0 fully saturated rings. The third-order valence-corrected chi connectivity index (χ3v) is 4.27. The van der Waals surface area contributed by atoms with Gasteiger partial charge in [-0.3, -0.25) is 4.79 Å². The number of thioether (sulfide) groups is 1. The van der Waals surface area contributed by atoms with Gasteiger partial charge in [-0.2, -0.15) is 0 Å². The van der Waals surface area contributed by atoms with Crippen LogP contribution in [-0.2, 0) is 24.8 Å². The van der Waals surface area contributed by atoms with Crippen molar-refractivity contribution in [2.24, 2.45) is 7.05 Å². The molecule has 7 heteroatoms. The predicted molar refractivity (Wildman–Crippen MR) is 77.4 cm³/mol. The summed E-state index contributed by atoms with van der Waals surface area (Å²) >= 11 is 3.15. The SMILES string of the molecule is CSc1ncc(CNC(=O)Cc2csc(C)n2)n1C. The van der Waals surface area contributed by atoms with E-state index >= 15 is 0 Å². The van der Waals surface area contributed by atoms with Crippen molar-refractivity contribution < 1.29 is 4.79 Å². The zero-order valence-corrected chi connectivity index (χ0v) is 12.8. The molecule has 102 valence electrons. The maximum absolute atomic E-state index is 11.8. The molecule has 0 aliphatic carbocycles. The van der Waals surface area contributed by atoms with Crippen molar-refractivity contribution in [1.82, 2.24) is 19.9 Å². The minimum Gasteiger partial charge on any atom is -0.350 e. The van der Waals surface area contributed by atoms with E-state index in [1.807, 2.05) is 30.2 Å². The van der Waals surface area contributed by atoms with Crippen molar-refractivity contribution in [2.45, 2.75) is 25.0 Å². The summed E-state index contributed by atoms with van der Waals surface area (Å²) in [5, 5.41) is 6.74. The predicted octanol–water partition coefficient (Wildman–Crippen LogP) is 1.77. The summed E-state index contributed by atoms with van der Waals surface area (Å²) < 4.78 is 1.98. The number of aryl methyl sites for hydroxylation is 1. The summed E-state index contributed by atoms with van der Waals surface area (Å²) in [7, 11) is 1.95. The molecular weight excluding hydrogens is 280 g/mol. The number of hydrogen-bond acceptors (Lipinski definition) is 5. The number of nitrogens with one attached hydrogen (secondary N) is 1. The van der Waals surface area contributed by atoms with Crippen LogP contribution in [0.15, 0.2) is 16.7 Å². The Labute approximate surface area is 120 Å². The lowest BCUT2D eigenvalue weighted by Crippen LogP contribution is -2.25. The van der Waals surface area contributed by atoms with E-state index in [-0.39, 0.29) is 5.91 Å². The van der Waals surface area contributed by atoms with E-state index in [1.165, 1.54) is 0 Å². The molecule has 19 heavy (non-hydrogen) atoms. The Morgan fingerprint density at radius 2 is 2.37 bits per heavy atom. The van der Waals surface area contributed by atoms with Crippen molar-refractivity contribution in [3.8, 4) is 0 Å². The maximum Gasteiger partial charge on any atom is 0.226 e. The number of thiazole rings is 1. The molecule has 0 aliphatic heterocycles. The quantitative estimate of drug-likeness (QED) is 0.854. The van der Waals surface area contributed by atoms with Gasteiger partial charge >= 0.3 is 0 Å². The normalized spacial score (nSPS) is 10.7. The summed E-state index contributed by atoms with van der Waals surface area (Å²) in [6.07, 6.45) is 4.10. The van der Waals surface area contributed by atoms with E-state index in [0.717, 1.165) is 21.6 Å². The van der Waals surface area contributed by atoms with Crippen LogP contribution in [-0.4, -0.2) is 26.7 Å². The Hall–Kier alpha value is -1.34. The minimum atomic E-state index is -0.0165. The minimum absolute atomic E-state index is 0.0165. The molecule has 0 saturated heterocycles. The van der Waals surface area contributed by atoms with Crippen LogP contribution in [0.4, 0.5) is 0 Å². The van der Waals surface area contributed by atoms with Gasteiger partial charge in [0, 0.05) is 12.4 Å². The van der Waals surface area contributed by atoms with E-state index in [1.54, 1.807) is 29.3 Å². The fraction of sp³-hybridized carbons (Fsp3) is 0.417. The number of rotatable bonds is 5. The number of carbonyl (C=O) groups excluding carboxylic acids is 1. The van der Waals surface area contributed by atoms with Crippen molar-refractivity contribution in [3.05, 3.63) is 28.0 Å². The van der Waals surface area contributed by atoms with Crippen LogP contribution in [0.25, 0.3) is 0 Å². The Morgan fingerprint density at radius 3 is 2.95 bits per heavy atom. The highest BCUT2D eigenvalue weighted by molar-refractivity contribution is 7.98. The van der Waals surface area contributed by atoms with Crippen molar-refractivity contribution in [2.75, 3.05) is 6.26 Å². The first-order valence-electron chi connectivity index (χ1n) is 5.82. The Balaban J connectivity index is 1.88. The molecule has 2 heterocycles. The molecule has 2 aromatic heterocycles. The molecule has 0 atom stereocenters. The molecule has 0 radical (unpaired) electrons. The largest absolute Gasteiger partial charge is 0.350 e. The summed E-state index contributed by atoms with van der Waals surface area (Å²) in [5.74, 6) is -0.0165. The monoisotopic (exact) mass is 296 g/mol. The van der Waals surface area contributed by atoms with Gasteiger partial charge in [0.25, 0.3) is 0 Å². The first kappa shape index (κ1) is 14.1. The van der Waals surface area contributed by atoms with Gasteiger partial charge in [-0.1, -0.05) is 11.8 Å². The molecule has 0 aliphatic rings. The maximum atomic E-state index is 11.8. The fourth-order valence-electron chi connectivity index (χ4n) is 1.69. The van der Waals surface area contributed by atoms with Gasteiger partial charge in [-0.25, -0.2) is 9.97 Å². The Morgan fingerprint density at radius 1 is 1.58 bits per heavy atom. The molecule has 0 unspecified atom stereocenters. The second-order valence-corrected chi connectivity index (χ2v) is 5.94. The number of aromatic nitrogens is 3. The molecule has 5 nitrogen and oxygen atoms in total. The molecule has 1 N–H and O–H groups in total. The zero-order chi connectivity index (χ0) is 13.8. The van der Waals surface area contributed by atoms with E-state index < -0.39 is 0 Å². The average Bonchev–Trinajstić information content (AvgIpc) is 2.93. The summed E-state index contributed by atoms with van der Waals surface area (Å²) in [6, 6.07) is 0. The fourth-order valence-corrected chi connectivity index (χ4v) is 2.85. The topological polar surface area (TPSA) is 59.8 Å². The summed E-state index contributed by atoms with van der Waals surface area (Å²) in [6.45, 7) is 2.43. The van der Waals surface area contributed by atoms with Gasteiger partial charge in [-0.15, -0.1) is 11.3 Å². The van der Waals surface area contributed by atoms with Crippen molar-refractivity contribution in [3.63, 3.8) is 0 Å². The molecule has 2 rings (SSSR count). The highest BCUT2D eigenvalue weighted by atomic mass is 32.2. The molecule has 0 saturated carbocycles. The first-order valence-corrected chi connectivity index (χ1v) is 7.93. The lowest BCUT2D eigenvalue weighted by atomic mass is 10.3. The van der Waals surface area contributed by atoms with Gasteiger partial charge < -0.3 is 9.88 Å². The smallest absolute Gasteiger partial charge is 0.226 e. The number of imidazole rings is 1. The van der Waals surface area contributed by atoms with E-state index in [9.17, 15) is 4.79 Å². The zero-order valence-electron chi connectivity index (χ0n) is 11.1. The lowest BCUT2D eigenvalue weighted by Gasteiger charge is -2.06. The Bertz CT molecular complexity index is 576. The molecule has 0 aromatic carbocycles. The van der Waals surface area contributed by atoms with Crippen LogP contribution in [0, 0.1) is 6.92 Å². The van der Waals surface area contributed by atoms with Crippen molar-refractivity contribution in [1.29, 1.82) is 0 Å². The lowest BCUT2D eigenvalue weighted by molar-refractivity contribution is -0.120. The van der Waals surface area contributed by atoms with Crippen LogP contribution in [0.1, 0.15) is 16.4 Å². The van der Waals surface area contributed by atoms with Crippen LogP contribution >= 0.6 is 23.1 Å². The van der Waals surface area contributed by atoms with Crippen LogP contribution < -0.4 is 5.32 Å². The molecule has 1 amide bonds. The van der Waals surface area contributed by atoms with Gasteiger partial charge in [-0.05, 0) is 13.2 Å². The molecular formula is C12H16N4OS2. The van der Waals surface area contributed by atoms with E-state index in [2.05, 4.69) is 15.3 Å². The number of hydrogen-bond donors (Lipinski definition) is 1. The van der Waals surface area contributed by atoms with Gasteiger partial charge in [0.1, 0.15) is 0 Å². The average molecular weight is 296 g/mol. The standard InChI is InChI=1S/C12H16N4OS2/c1-8-15-9(7-19-8)4-11(17)13-5-10-6-14-12(18-3)16(10)2/h6-7H,4-5H2,1-3H3,(H,13,17). The van der Waals surface area contributed by atoms with Crippen LogP contribution in [0.5, 0.6) is 0 Å². The second-order valence-electron chi connectivity index (χ2n) is 4.11. The highest BCUT2D eigenvalue weighted by Crippen LogP contribution is 2.13. The summed E-state index contributed by atoms with van der Waals surface area (Å²) in [4.78, 5) is 20.3. The number of carbonyl (C=O) groups is 1. The first-order chi connectivity index (χ1) is 9.10. The molecule has 0 spiro atoms. The van der Waals surface area contributed by atoms with E-state index in [4.69, 9.17) is 0 Å². The molecule has 2 aromatic rings. The second kappa shape index (κ2) is 6.21. The Kier molecular flexibility index (Phi) is 4.60. The van der Waals surface area contributed by atoms with E-state index in [0.29, 0.717) is 13.0 Å². The van der Waals surface area contributed by atoms with Crippen molar-refractivity contribution >= 4 is 29.0 Å². The third kappa shape index (κ3) is 3.57. The summed E-state index contributed by atoms with van der Waals surface area (Å²) in [5.41, 5.74) is 1.82.